The van der Waals surface area contributed by atoms with Crippen molar-refractivity contribution in [2.75, 3.05) is 13.1 Å². The number of carbonyl (C=O) groups is 3. The van der Waals surface area contributed by atoms with Crippen LogP contribution < -0.4 is 0 Å². The van der Waals surface area contributed by atoms with Gasteiger partial charge in [0, 0.05) is 31.5 Å². The van der Waals surface area contributed by atoms with Gasteiger partial charge < -0.3 is 10.0 Å². The van der Waals surface area contributed by atoms with Crippen LogP contribution in [0.3, 0.4) is 0 Å². The standard InChI is InChI=1S/C16H21NO4/c1-3-17(11-10-16(20)21)15(19)9-8-14(18)13-6-4-12(2)5-7-13/h4-7H,3,8-11H2,1-2H3,(H,20,21). The Balaban J connectivity index is 2.48. The van der Waals surface area contributed by atoms with Crippen molar-refractivity contribution < 1.29 is 19.5 Å². The molecule has 5 nitrogen and oxygen atoms in total. The summed E-state index contributed by atoms with van der Waals surface area (Å²) < 4.78 is 0. The van der Waals surface area contributed by atoms with E-state index in [1.807, 2.05) is 19.1 Å². The number of Topliss-reactive ketones (excluding diaryl/α,β-unsaturated/α-hetero) is 1. The number of carboxylic acid groups (broad SMARTS) is 1. The molecule has 0 radical (unpaired) electrons. The highest BCUT2D eigenvalue weighted by Crippen LogP contribution is 2.09. The van der Waals surface area contributed by atoms with Gasteiger partial charge in [-0.3, -0.25) is 14.4 Å². The fraction of sp³-hybridized carbons (Fsp3) is 0.438. The molecule has 0 atom stereocenters. The van der Waals surface area contributed by atoms with Crippen molar-refractivity contribution in [2.45, 2.75) is 33.1 Å². The van der Waals surface area contributed by atoms with E-state index < -0.39 is 5.97 Å². The van der Waals surface area contributed by atoms with E-state index in [-0.39, 0.29) is 37.5 Å². The summed E-state index contributed by atoms with van der Waals surface area (Å²) in [6.45, 7) is 4.37. The summed E-state index contributed by atoms with van der Waals surface area (Å²) in [6.07, 6.45) is 0.178. The molecule has 1 amide bonds. The van der Waals surface area contributed by atoms with Crippen LogP contribution in [0.1, 0.15) is 42.1 Å². The van der Waals surface area contributed by atoms with E-state index in [0.717, 1.165) is 5.56 Å². The fourth-order valence-corrected chi connectivity index (χ4v) is 1.95. The van der Waals surface area contributed by atoms with Gasteiger partial charge >= 0.3 is 5.97 Å². The monoisotopic (exact) mass is 291 g/mol. The van der Waals surface area contributed by atoms with Crippen molar-refractivity contribution >= 4 is 17.7 Å². The molecular formula is C16H21NO4. The van der Waals surface area contributed by atoms with Gasteiger partial charge in [-0.2, -0.15) is 0 Å². The molecule has 0 aromatic heterocycles. The molecule has 5 heteroatoms. The minimum atomic E-state index is -0.933. The van der Waals surface area contributed by atoms with Crippen LogP contribution in [0.25, 0.3) is 0 Å². The van der Waals surface area contributed by atoms with Gasteiger partial charge in [0.15, 0.2) is 5.78 Å². The molecule has 1 rings (SSSR count). The maximum Gasteiger partial charge on any atom is 0.305 e. The largest absolute Gasteiger partial charge is 0.481 e. The molecule has 1 aromatic carbocycles. The zero-order valence-electron chi connectivity index (χ0n) is 12.5. The number of nitrogens with zero attached hydrogens (tertiary/aromatic N) is 1. The minimum Gasteiger partial charge on any atom is -0.481 e. The average Bonchev–Trinajstić information content (AvgIpc) is 2.45. The number of aliphatic carboxylic acids is 1. The normalized spacial score (nSPS) is 10.2. The number of ketones is 1. The predicted molar refractivity (Wildman–Crippen MR) is 79.3 cm³/mol. The molecule has 1 aromatic rings. The van der Waals surface area contributed by atoms with E-state index in [1.54, 1.807) is 19.1 Å². The van der Waals surface area contributed by atoms with Gasteiger partial charge in [-0.15, -0.1) is 0 Å². The highest BCUT2D eigenvalue weighted by Gasteiger charge is 2.15. The van der Waals surface area contributed by atoms with Crippen LogP contribution in [0.4, 0.5) is 0 Å². The summed E-state index contributed by atoms with van der Waals surface area (Å²) >= 11 is 0. The Kier molecular flexibility index (Phi) is 6.59. The van der Waals surface area contributed by atoms with Gasteiger partial charge in [0.2, 0.25) is 5.91 Å². The summed E-state index contributed by atoms with van der Waals surface area (Å²) in [5.41, 5.74) is 1.68. The smallest absolute Gasteiger partial charge is 0.305 e. The van der Waals surface area contributed by atoms with Crippen LogP contribution in [-0.4, -0.2) is 40.8 Å². The Bertz CT molecular complexity index is 508. The SMILES string of the molecule is CCN(CCC(=O)O)C(=O)CCC(=O)c1ccc(C)cc1. The second kappa shape index (κ2) is 8.19. The highest BCUT2D eigenvalue weighted by atomic mass is 16.4. The lowest BCUT2D eigenvalue weighted by Gasteiger charge is -2.19. The van der Waals surface area contributed by atoms with E-state index in [4.69, 9.17) is 5.11 Å². The van der Waals surface area contributed by atoms with Crippen molar-refractivity contribution in [1.29, 1.82) is 0 Å². The molecule has 1 N–H and O–H groups in total. The molecule has 0 aliphatic heterocycles. The zero-order valence-corrected chi connectivity index (χ0v) is 12.5. The first-order chi connectivity index (χ1) is 9.93. The Hall–Kier alpha value is -2.17. The third-order valence-corrected chi connectivity index (χ3v) is 3.27. The quantitative estimate of drug-likeness (QED) is 0.746. The molecular weight excluding hydrogens is 270 g/mol. The van der Waals surface area contributed by atoms with Crippen molar-refractivity contribution in [3.05, 3.63) is 35.4 Å². The van der Waals surface area contributed by atoms with Crippen molar-refractivity contribution in [2.24, 2.45) is 0 Å². The molecule has 0 fully saturated rings. The van der Waals surface area contributed by atoms with Gasteiger partial charge in [-0.1, -0.05) is 29.8 Å². The van der Waals surface area contributed by atoms with Gasteiger partial charge in [0.25, 0.3) is 0 Å². The molecule has 0 aliphatic rings. The van der Waals surface area contributed by atoms with Crippen molar-refractivity contribution in [1.82, 2.24) is 4.90 Å². The summed E-state index contributed by atoms with van der Waals surface area (Å²) in [7, 11) is 0. The van der Waals surface area contributed by atoms with E-state index >= 15 is 0 Å². The lowest BCUT2D eigenvalue weighted by atomic mass is 10.0. The number of hydrogen-bond donors (Lipinski definition) is 1. The second-order valence-electron chi connectivity index (χ2n) is 4.91. The summed E-state index contributed by atoms with van der Waals surface area (Å²) in [4.78, 5) is 35.9. The molecule has 0 spiro atoms. The first-order valence-corrected chi connectivity index (χ1v) is 7.03. The van der Waals surface area contributed by atoms with Gasteiger partial charge in [-0.05, 0) is 13.8 Å². The van der Waals surface area contributed by atoms with E-state index in [1.165, 1.54) is 4.90 Å². The van der Waals surface area contributed by atoms with Crippen LogP contribution in [0.5, 0.6) is 0 Å². The van der Waals surface area contributed by atoms with Gasteiger partial charge in [0.1, 0.15) is 0 Å². The number of rotatable bonds is 8. The summed E-state index contributed by atoms with van der Waals surface area (Å²) in [5, 5.41) is 8.64. The Morgan fingerprint density at radius 3 is 2.19 bits per heavy atom. The number of hydrogen-bond acceptors (Lipinski definition) is 3. The molecule has 0 unspecified atom stereocenters. The first kappa shape index (κ1) is 16.9. The maximum atomic E-state index is 12.0. The Labute approximate surface area is 124 Å². The molecule has 0 saturated carbocycles. The third kappa shape index (κ3) is 5.77. The third-order valence-electron chi connectivity index (χ3n) is 3.27. The van der Waals surface area contributed by atoms with Gasteiger partial charge in [-0.25, -0.2) is 0 Å². The summed E-state index contributed by atoms with van der Waals surface area (Å²) in [5.74, 6) is -1.19. The van der Waals surface area contributed by atoms with E-state index in [2.05, 4.69) is 0 Å². The highest BCUT2D eigenvalue weighted by molar-refractivity contribution is 5.98. The maximum absolute atomic E-state index is 12.0. The second-order valence-corrected chi connectivity index (χ2v) is 4.91. The molecule has 0 saturated heterocycles. The van der Waals surface area contributed by atoms with Crippen LogP contribution in [-0.2, 0) is 9.59 Å². The van der Waals surface area contributed by atoms with Gasteiger partial charge in [0.05, 0.1) is 6.42 Å². The fourth-order valence-electron chi connectivity index (χ4n) is 1.95. The molecule has 0 heterocycles. The molecule has 0 aliphatic carbocycles. The number of carboxylic acids is 1. The topological polar surface area (TPSA) is 74.7 Å². The molecule has 21 heavy (non-hydrogen) atoms. The first-order valence-electron chi connectivity index (χ1n) is 7.03. The number of benzene rings is 1. The lowest BCUT2D eigenvalue weighted by molar-refractivity contribution is -0.138. The van der Waals surface area contributed by atoms with E-state index in [9.17, 15) is 14.4 Å². The van der Waals surface area contributed by atoms with Crippen molar-refractivity contribution in [3.63, 3.8) is 0 Å². The van der Waals surface area contributed by atoms with E-state index in [0.29, 0.717) is 12.1 Å². The zero-order chi connectivity index (χ0) is 15.8. The molecule has 0 bridgehead atoms. The number of amides is 1. The van der Waals surface area contributed by atoms with Crippen LogP contribution in [0, 0.1) is 6.92 Å². The van der Waals surface area contributed by atoms with Crippen LogP contribution >= 0.6 is 0 Å². The average molecular weight is 291 g/mol. The number of aryl methyl sites for hydroxylation is 1. The summed E-state index contributed by atoms with van der Waals surface area (Å²) in [6, 6.07) is 7.23. The van der Waals surface area contributed by atoms with Crippen LogP contribution in [0.2, 0.25) is 0 Å². The Morgan fingerprint density at radius 2 is 1.67 bits per heavy atom. The predicted octanol–water partition coefficient (Wildman–Crippen LogP) is 2.28. The lowest BCUT2D eigenvalue weighted by Crippen LogP contribution is -2.33. The minimum absolute atomic E-state index is 0.0716. The molecule has 114 valence electrons. The van der Waals surface area contributed by atoms with Crippen molar-refractivity contribution in [3.8, 4) is 0 Å². The van der Waals surface area contributed by atoms with Crippen LogP contribution in [0.15, 0.2) is 24.3 Å². The number of carbonyl (C=O) groups excluding carboxylic acids is 2. The Morgan fingerprint density at radius 1 is 1.05 bits per heavy atom.